The molecule has 0 bridgehead atoms. The van der Waals surface area contributed by atoms with Crippen LogP contribution in [0.25, 0.3) is 0 Å². The lowest BCUT2D eigenvalue weighted by Crippen LogP contribution is -2.34. The number of pyridine rings is 1. The predicted molar refractivity (Wildman–Crippen MR) is 92.2 cm³/mol. The van der Waals surface area contributed by atoms with Crippen molar-refractivity contribution < 1.29 is 14.3 Å². The summed E-state index contributed by atoms with van der Waals surface area (Å²) in [4.78, 5) is 35.6. The fourth-order valence-electron chi connectivity index (χ4n) is 3.03. The van der Waals surface area contributed by atoms with Gasteiger partial charge in [-0.1, -0.05) is 24.3 Å². The molecule has 0 spiro atoms. The summed E-state index contributed by atoms with van der Waals surface area (Å²) in [5.74, 6) is -1.03. The third-order valence-corrected chi connectivity index (χ3v) is 4.38. The van der Waals surface area contributed by atoms with Gasteiger partial charge in [-0.25, -0.2) is 4.79 Å². The van der Waals surface area contributed by atoms with Crippen molar-refractivity contribution >= 4 is 11.9 Å². The summed E-state index contributed by atoms with van der Waals surface area (Å²) in [6.45, 7) is -0.368. The summed E-state index contributed by atoms with van der Waals surface area (Å²) >= 11 is 0. The first kappa shape index (κ1) is 17.0. The van der Waals surface area contributed by atoms with Gasteiger partial charge in [-0.2, -0.15) is 0 Å². The Labute approximate surface area is 145 Å². The van der Waals surface area contributed by atoms with Crippen molar-refractivity contribution in [1.29, 1.82) is 0 Å². The molecule has 6 nitrogen and oxygen atoms in total. The van der Waals surface area contributed by atoms with E-state index in [1.165, 1.54) is 28.5 Å². The molecule has 1 amide bonds. The first-order valence-electron chi connectivity index (χ1n) is 8.25. The number of carbonyl (C=O) groups is 2. The second kappa shape index (κ2) is 7.34. The maximum absolute atomic E-state index is 12.1. The largest absolute Gasteiger partial charge is 0.452 e. The number of hydrogen-bond acceptors (Lipinski definition) is 4. The van der Waals surface area contributed by atoms with Crippen LogP contribution in [0.1, 0.15) is 40.4 Å². The number of hydrogen-bond donors (Lipinski definition) is 1. The molecule has 3 rings (SSSR count). The number of carbonyl (C=O) groups excluding carboxylic acids is 2. The average molecular weight is 340 g/mol. The number of fused-ring (bicyclic) bond motifs is 1. The smallest absolute Gasteiger partial charge is 0.338 e. The molecule has 1 aliphatic rings. The second-order valence-electron chi connectivity index (χ2n) is 6.15. The monoisotopic (exact) mass is 340 g/mol. The van der Waals surface area contributed by atoms with Gasteiger partial charge in [0.2, 0.25) is 0 Å². The SMILES string of the molecule is Cn1ccc(C(=O)OCC(=O)NC2CCCc3ccccc32)cc1=O. The van der Waals surface area contributed by atoms with Crippen LogP contribution in [-0.2, 0) is 23.0 Å². The van der Waals surface area contributed by atoms with Crippen LogP contribution in [0.5, 0.6) is 0 Å². The summed E-state index contributed by atoms with van der Waals surface area (Å²) in [6.07, 6.45) is 4.37. The van der Waals surface area contributed by atoms with Crippen LogP contribution in [0.3, 0.4) is 0 Å². The Bertz CT molecular complexity index is 856. The lowest BCUT2D eigenvalue weighted by molar-refractivity contribution is -0.125. The number of nitrogens with one attached hydrogen (secondary N) is 1. The third kappa shape index (κ3) is 3.96. The van der Waals surface area contributed by atoms with E-state index in [4.69, 9.17) is 4.74 Å². The summed E-state index contributed by atoms with van der Waals surface area (Å²) in [6, 6.07) is 10.7. The molecule has 1 heterocycles. The zero-order valence-electron chi connectivity index (χ0n) is 14.0. The topological polar surface area (TPSA) is 77.4 Å². The van der Waals surface area contributed by atoms with Gasteiger partial charge >= 0.3 is 5.97 Å². The molecule has 1 aromatic carbocycles. The maximum atomic E-state index is 12.1. The molecular weight excluding hydrogens is 320 g/mol. The number of benzene rings is 1. The molecule has 0 saturated heterocycles. The number of aryl methyl sites for hydroxylation is 2. The quantitative estimate of drug-likeness (QED) is 0.860. The van der Waals surface area contributed by atoms with Gasteiger partial charge in [0.25, 0.3) is 11.5 Å². The Balaban J connectivity index is 1.57. The highest BCUT2D eigenvalue weighted by molar-refractivity contribution is 5.91. The molecule has 0 radical (unpaired) electrons. The molecule has 1 atom stereocenters. The number of nitrogens with zero attached hydrogens (tertiary/aromatic N) is 1. The molecule has 1 aromatic heterocycles. The Morgan fingerprint density at radius 3 is 2.88 bits per heavy atom. The van der Waals surface area contributed by atoms with Crippen LogP contribution in [0.4, 0.5) is 0 Å². The van der Waals surface area contributed by atoms with Crippen LogP contribution >= 0.6 is 0 Å². The van der Waals surface area contributed by atoms with E-state index < -0.39 is 5.97 Å². The lowest BCUT2D eigenvalue weighted by atomic mass is 9.88. The Morgan fingerprint density at radius 2 is 2.08 bits per heavy atom. The van der Waals surface area contributed by atoms with Gasteiger partial charge in [0.05, 0.1) is 11.6 Å². The molecule has 0 saturated carbocycles. The Morgan fingerprint density at radius 1 is 1.28 bits per heavy atom. The molecule has 1 aliphatic carbocycles. The van der Waals surface area contributed by atoms with Crippen molar-refractivity contribution in [2.24, 2.45) is 7.05 Å². The molecule has 25 heavy (non-hydrogen) atoms. The van der Waals surface area contributed by atoms with Gasteiger partial charge in [-0.15, -0.1) is 0 Å². The number of aromatic nitrogens is 1. The van der Waals surface area contributed by atoms with Gasteiger partial charge in [-0.3, -0.25) is 9.59 Å². The number of ether oxygens (including phenoxy) is 1. The summed E-state index contributed by atoms with van der Waals surface area (Å²) in [7, 11) is 1.59. The molecule has 130 valence electrons. The molecule has 0 fully saturated rings. The minimum Gasteiger partial charge on any atom is -0.452 e. The van der Waals surface area contributed by atoms with Gasteiger partial charge in [0.1, 0.15) is 0 Å². The van der Waals surface area contributed by atoms with Crippen molar-refractivity contribution in [1.82, 2.24) is 9.88 Å². The predicted octanol–water partition coefficient (Wildman–Crippen LogP) is 1.74. The van der Waals surface area contributed by atoms with Crippen LogP contribution in [-0.4, -0.2) is 23.1 Å². The fourth-order valence-corrected chi connectivity index (χ4v) is 3.03. The molecule has 1 unspecified atom stereocenters. The van der Waals surface area contributed by atoms with E-state index in [1.54, 1.807) is 7.05 Å². The van der Waals surface area contributed by atoms with Crippen molar-refractivity contribution in [3.05, 3.63) is 69.6 Å². The van der Waals surface area contributed by atoms with E-state index >= 15 is 0 Å². The summed E-state index contributed by atoms with van der Waals surface area (Å²) < 4.78 is 6.37. The van der Waals surface area contributed by atoms with Crippen molar-refractivity contribution in [3.8, 4) is 0 Å². The normalized spacial score (nSPS) is 16.0. The Hall–Kier alpha value is -2.89. The van der Waals surface area contributed by atoms with Gasteiger partial charge in [0, 0.05) is 19.3 Å². The van der Waals surface area contributed by atoms with Crippen molar-refractivity contribution in [2.45, 2.75) is 25.3 Å². The van der Waals surface area contributed by atoms with Gasteiger partial charge < -0.3 is 14.6 Å². The zero-order chi connectivity index (χ0) is 17.8. The molecule has 6 heteroatoms. The van der Waals surface area contributed by atoms with Crippen molar-refractivity contribution in [3.63, 3.8) is 0 Å². The summed E-state index contributed by atoms with van der Waals surface area (Å²) in [5.41, 5.74) is 2.20. The zero-order valence-corrected chi connectivity index (χ0v) is 14.0. The van der Waals surface area contributed by atoms with E-state index in [0.717, 1.165) is 24.8 Å². The first-order chi connectivity index (χ1) is 12.0. The fraction of sp³-hybridized carbons (Fsp3) is 0.316. The van der Waals surface area contributed by atoms with E-state index in [9.17, 15) is 14.4 Å². The lowest BCUT2D eigenvalue weighted by Gasteiger charge is -2.26. The third-order valence-electron chi connectivity index (χ3n) is 4.38. The highest BCUT2D eigenvalue weighted by Crippen LogP contribution is 2.29. The number of esters is 1. The number of rotatable bonds is 4. The standard InChI is InChI=1S/C19H20N2O4/c1-21-10-9-14(11-18(21)23)19(24)25-12-17(22)20-16-8-4-6-13-5-2-3-7-15(13)16/h2-3,5,7,9-11,16H,4,6,8,12H2,1H3,(H,20,22). The average Bonchev–Trinajstić information content (AvgIpc) is 2.62. The highest BCUT2D eigenvalue weighted by Gasteiger charge is 2.22. The van der Waals surface area contributed by atoms with E-state index in [0.29, 0.717) is 0 Å². The molecule has 1 N–H and O–H groups in total. The maximum Gasteiger partial charge on any atom is 0.338 e. The van der Waals surface area contributed by atoms with Gasteiger partial charge in [-0.05, 0) is 36.5 Å². The van der Waals surface area contributed by atoms with E-state index in [1.807, 2.05) is 18.2 Å². The highest BCUT2D eigenvalue weighted by atomic mass is 16.5. The van der Waals surface area contributed by atoms with E-state index in [2.05, 4.69) is 11.4 Å². The summed E-state index contributed by atoms with van der Waals surface area (Å²) in [5, 5.41) is 2.92. The van der Waals surface area contributed by atoms with E-state index in [-0.39, 0.29) is 29.7 Å². The second-order valence-corrected chi connectivity index (χ2v) is 6.15. The minimum absolute atomic E-state index is 0.0554. The van der Waals surface area contributed by atoms with Crippen LogP contribution in [0.15, 0.2) is 47.4 Å². The van der Waals surface area contributed by atoms with Crippen LogP contribution in [0.2, 0.25) is 0 Å². The van der Waals surface area contributed by atoms with Crippen LogP contribution in [0, 0.1) is 0 Å². The molecule has 2 aromatic rings. The molecular formula is C19H20N2O4. The van der Waals surface area contributed by atoms with Gasteiger partial charge in [0.15, 0.2) is 6.61 Å². The molecule has 0 aliphatic heterocycles. The van der Waals surface area contributed by atoms with Crippen LogP contribution < -0.4 is 10.9 Å². The minimum atomic E-state index is -0.683. The Kier molecular flexibility index (Phi) is 4.97. The number of amides is 1. The van der Waals surface area contributed by atoms with Crippen molar-refractivity contribution in [2.75, 3.05) is 6.61 Å². The first-order valence-corrected chi connectivity index (χ1v) is 8.25.